The Balaban J connectivity index is 1.83. The molecular weight excluding hydrogens is 373 g/mol. The Bertz CT molecular complexity index is 974. The van der Waals surface area contributed by atoms with Crippen LogP contribution in [0.25, 0.3) is 11.6 Å². The van der Waals surface area contributed by atoms with Gasteiger partial charge in [0.05, 0.1) is 11.1 Å². The second-order valence-corrected chi connectivity index (χ2v) is 7.03. The lowest BCUT2D eigenvalue weighted by Gasteiger charge is -2.17. The molecule has 2 aromatic rings. The number of hydrogen-bond acceptors (Lipinski definition) is 4. The predicted octanol–water partition coefficient (Wildman–Crippen LogP) is 3.76. The van der Waals surface area contributed by atoms with Gasteiger partial charge in [-0.1, -0.05) is 13.8 Å². The average Bonchev–Trinajstić information content (AvgIpc) is 3.14. The smallest absolute Gasteiger partial charge is 0.340 e. The van der Waals surface area contributed by atoms with Crippen molar-refractivity contribution >= 4 is 29.2 Å². The van der Waals surface area contributed by atoms with Crippen LogP contribution in [0.1, 0.15) is 46.7 Å². The second-order valence-electron chi connectivity index (χ2n) is 7.03. The molecule has 3 rings (SSSR count). The molecule has 0 bridgehead atoms. The zero-order chi connectivity index (χ0) is 21.1. The van der Waals surface area contributed by atoms with Crippen LogP contribution in [0.4, 0.5) is 10.1 Å². The third-order valence-corrected chi connectivity index (χ3v) is 5.27. The number of anilines is 1. The number of H-pyrrole nitrogens is 1. The van der Waals surface area contributed by atoms with E-state index in [9.17, 15) is 14.0 Å². The maximum atomic E-state index is 13.6. The van der Waals surface area contributed by atoms with Gasteiger partial charge in [-0.05, 0) is 56.8 Å². The van der Waals surface area contributed by atoms with E-state index in [4.69, 9.17) is 4.74 Å². The van der Waals surface area contributed by atoms with Gasteiger partial charge in [-0.3, -0.25) is 4.79 Å². The molecule has 0 saturated heterocycles. The first-order valence-electron chi connectivity index (χ1n) is 9.77. The van der Waals surface area contributed by atoms with E-state index in [1.807, 2.05) is 0 Å². The molecule has 6 nitrogen and oxygen atoms in total. The van der Waals surface area contributed by atoms with E-state index in [1.54, 1.807) is 19.9 Å². The fraction of sp³-hybridized carbons (Fsp3) is 0.364. The minimum atomic E-state index is -0.414. The van der Waals surface area contributed by atoms with Gasteiger partial charge in [0.1, 0.15) is 12.4 Å². The lowest BCUT2D eigenvalue weighted by Crippen LogP contribution is -2.28. The highest BCUT2D eigenvalue weighted by molar-refractivity contribution is 6.34. The van der Waals surface area contributed by atoms with Crippen molar-refractivity contribution in [2.45, 2.75) is 27.7 Å². The number of esters is 1. The van der Waals surface area contributed by atoms with Crippen molar-refractivity contribution in [3.63, 3.8) is 0 Å². The van der Waals surface area contributed by atoms with Crippen molar-refractivity contribution in [2.75, 3.05) is 31.6 Å². The van der Waals surface area contributed by atoms with Gasteiger partial charge in [0.15, 0.2) is 0 Å². The summed E-state index contributed by atoms with van der Waals surface area (Å²) in [6, 6.07) is 4.17. The molecule has 1 aromatic carbocycles. The number of aromatic nitrogens is 1. The summed E-state index contributed by atoms with van der Waals surface area (Å²) >= 11 is 0. The fourth-order valence-electron chi connectivity index (χ4n) is 3.55. The highest BCUT2D eigenvalue weighted by Gasteiger charge is 2.26. The number of likely N-dealkylation sites (N-methyl/N-ethyl adjacent to an activating group) is 1. The monoisotopic (exact) mass is 399 g/mol. The molecule has 0 spiro atoms. The Morgan fingerprint density at radius 3 is 2.66 bits per heavy atom. The Morgan fingerprint density at radius 1 is 1.24 bits per heavy atom. The molecule has 0 fully saturated rings. The van der Waals surface area contributed by atoms with E-state index < -0.39 is 11.8 Å². The highest BCUT2D eigenvalue weighted by atomic mass is 19.1. The van der Waals surface area contributed by atoms with Crippen LogP contribution in [-0.4, -0.2) is 48.0 Å². The SMILES string of the molecule is CCN(CC)CCOC(=O)c1c(C)[nH]c(/C=C2\C(=O)Nc3ccc(F)cc32)c1C. The van der Waals surface area contributed by atoms with Gasteiger partial charge < -0.3 is 19.9 Å². The molecule has 0 radical (unpaired) electrons. The average molecular weight is 399 g/mol. The van der Waals surface area contributed by atoms with E-state index in [1.165, 1.54) is 18.2 Å². The molecule has 0 aliphatic carbocycles. The van der Waals surface area contributed by atoms with Crippen molar-refractivity contribution in [3.05, 3.63) is 52.1 Å². The number of benzene rings is 1. The van der Waals surface area contributed by atoms with Crippen LogP contribution in [0, 0.1) is 19.7 Å². The molecule has 0 atom stereocenters. The van der Waals surface area contributed by atoms with E-state index in [2.05, 4.69) is 29.0 Å². The number of aromatic amines is 1. The molecule has 1 amide bonds. The molecule has 0 saturated carbocycles. The summed E-state index contributed by atoms with van der Waals surface area (Å²) in [5, 5.41) is 2.72. The fourth-order valence-corrected chi connectivity index (χ4v) is 3.55. The number of rotatable bonds is 7. The van der Waals surface area contributed by atoms with Crippen molar-refractivity contribution in [1.29, 1.82) is 0 Å². The first kappa shape index (κ1) is 20.8. The van der Waals surface area contributed by atoms with Gasteiger partial charge in [-0.2, -0.15) is 0 Å². The first-order valence-corrected chi connectivity index (χ1v) is 9.77. The maximum Gasteiger partial charge on any atom is 0.340 e. The predicted molar refractivity (Wildman–Crippen MR) is 111 cm³/mol. The topological polar surface area (TPSA) is 74.4 Å². The Labute approximate surface area is 169 Å². The largest absolute Gasteiger partial charge is 0.461 e. The number of nitrogens with zero attached hydrogens (tertiary/aromatic N) is 1. The van der Waals surface area contributed by atoms with Gasteiger partial charge in [0.25, 0.3) is 5.91 Å². The first-order chi connectivity index (χ1) is 13.8. The quantitative estimate of drug-likeness (QED) is 0.549. The van der Waals surface area contributed by atoms with Crippen LogP contribution in [0.3, 0.4) is 0 Å². The number of hydrogen-bond donors (Lipinski definition) is 2. The second kappa shape index (κ2) is 8.61. The summed E-state index contributed by atoms with van der Waals surface area (Å²) in [5.74, 6) is -1.11. The summed E-state index contributed by atoms with van der Waals surface area (Å²) in [4.78, 5) is 30.2. The van der Waals surface area contributed by atoms with E-state index in [0.717, 1.165) is 13.1 Å². The Kier molecular flexibility index (Phi) is 6.17. The minimum absolute atomic E-state index is 0.305. The van der Waals surface area contributed by atoms with Crippen molar-refractivity contribution < 1.29 is 18.7 Å². The molecule has 1 aromatic heterocycles. The van der Waals surface area contributed by atoms with E-state index >= 15 is 0 Å². The number of halogens is 1. The summed E-state index contributed by atoms with van der Waals surface area (Å²) in [6.45, 7) is 10.5. The molecule has 7 heteroatoms. The number of ether oxygens (including phenoxy) is 1. The number of fused-ring (bicyclic) bond motifs is 1. The summed E-state index contributed by atoms with van der Waals surface area (Å²) < 4.78 is 19.1. The summed E-state index contributed by atoms with van der Waals surface area (Å²) in [5.41, 5.74) is 3.88. The van der Waals surface area contributed by atoms with Crippen LogP contribution < -0.4 is 5.32 Å². The van der Waals surface area contributed by atoms with E-state index in [-0.39, 0.29) is 5.91 Å². The third kappa shape index (κ3) is 4.24. The molecule has 0 unspecified atom stereocenters. The highest BCUT2D eigenvalue weighted by Crippen LogP contribution is 2.34. The van der Waals surface area contributed by atoms with Crippen molar-refractivity contribution in [1.82, 2.24) is 9.88 Å². The molecule has 2 N–H and O–H groups in total. The molecular formula is C22H26FN3O3. The lowest BCUT2D eigenvalue weighted by molar-refractivity contribution is -0.110. The Hall–Kier alpha value is -2.93. The molecule has 1 aliphatic heterocycles. The number of aryl methyl sites for hydroxylation is 1. The molecule has 29 heavy (non-hydrogen) atoms. The van der Waals surface area contributed by atoms with Crippen LogP contribution in [0.15, 0.2) is 18.2 Å². The van der Waals surface area contributed by atoms with Gasteiger partial charge in [-0.25, -0.2) is 9.18 Å². The maximum absolute atomic E-state index is 13.6. The summed E-state index contributed by atoms with van der Waals surface area (Å²) in [7, 11) is 0. The van der Waals surface area contributed by atoms with Crippen molar-refractivity contribution in [2.24, 2.45) is 0 Å². The third-order valence-electron chi connectivity index (χ3n) is 5.27. The number of carbonyl (C=O) groups is 2. The van der Waals surface area contributed by atoms with Crippen molar-refractivity contribution in [3.8, 4) is 0 Å². The van der Waals surface area contributed by atoms with Gasteiger partial charge in [0, 0.05) is 29.2 Å². The number of carbonyl (C=O) groups excluding carboxylic acids is 2. The Morgan fingerprint density at radius 2 is 1.97 bits per heavy atom. The minimum Gasteiger partial charge on any atom is -0.461 e. The van der Waals surface area contributed by atoms with Crippen LogP contribution in [0.2, 0.25) is 0 Å². The molecule has 154 valence electrons. The summed E-state index contributed by atoms with van der Waals surface area (Å²) in [6.07, 6.45) is 1.65. The number of amides is 1. The van der Waals surface area contributed by atoms with Crippen LogP contribution in [0.5, 0.6) is 0 Å². The van der Waals surface area contributed by atoms with Gasteiger partial charge in [0.2, 0.25) is 0 Å². The van der Waals surface area contributed by atoms with E-state index in [0.29, 0.717) is 52.5 Å². The molecule has 2 heterocycles. The van der Waals surface area contributed by atoms with Gasteiger partial charge >= 0.3 is 5.97 Å². The number of nitrogens with one attached hydrogen (secondary N) is 2. The van der Waals surface area contributed by atoms with Crippen LogP contribution >= 0.6 is 0 Å². The lowest BCUT2D eigenvalue weighted by atomic mass is 10.0. The zero-order valence-electron chi connectivity index (χ0n) is 17.2. The standard InChI is InChI=1S/C22H26FN3O3/c1-5-26(6-2)9-10-29-22(28)20-13(3)19(24-14(20)4)12-17-16-11-15(23)7-8-18(16)25-21(17)27/h7-8,11-12,24H,5-6,9-10H2,1-4H3,(H,25,27)/b17-12-. The van der Waals surface area contributed by atoms with Gasteiger partial charge in [-0.15, -0.1) is 0 Å². The van der Waals surface area contributed by atoms with Crippen LogP contribution in [-0.2, 0) is 9.53 Å². The molecule has 1 aliphatic rings. The normalized spacial score (nSPS) is 14.4. The zero-order valence-corrected chi connectivity index (χ0v) is 17.2.